The smallest absolute Gasteiger partial charge is 0.411 e. The molecule has 1 amide bonds. The van der Waals surface area contributed by atoms with Crippen LogP contribution >= 0.6 is 11.6 Å². The summed E-state index contributed by atoms with van der Waals surface area (Å²) in [6, 6.07) is 7.40. The molecule has 26 heavy (non-hydrogen) atoms. The van der Waals surface area contributed by atoms with Gasteiger partial charge >= 0.3 is 12.1 Å². The number of esters is 1. The third-order valence-corrected chi connectivity index (χ3v) is 4.73. The molecule has 1 atom stereocenters. The summed E-state index contributed by atoms with van der Waals surface area (Å²) in [5.74, 6) is -0.415. The number of hydrogen-bond acceptors (Lipinski definition) is 5. The minimum Gasteiger partial charge on any atom is -0.467 e. The zero-order valence-electron chi connectivity index (χ0n) is 15.8. The molecule has 0 radical (unpaired) electrons. The monoisotopic (exact) mass is 382 g/mol. The molecule has 7 heteroatoms. The van der Waals surface area contributed by atoms with Gasteiger partial charge < -0.3 is 14.8 Å². The van der Waals surface area contributed by atoms with Crippen LogP contribution in [0.3, 0.4) is 0 Å². The first-order valence-electron chi connectivity index (χ1n) is 8.77. The van der Waals surface area contributed by atoms with Gasteiger partial charge in [-0.1, -0.05) is 23.7 Å². The minimum absolute atomic E-state index is 0.407. The molecule has 0 aromatic heterocycles. The van der Waals surface area contributed by atoms with Gasteiger partial charge in [-0.05, 0) is 52.2 Å². The molecular weight excluding hydrogens is 356 g/mol. The van der Waals surface area contributed by atoms with Crippen molar-refractivity contribution in [3.63, 3.8) is 0 Å². The predicted octanol–water partition coefficient (Wildman–Crippen LogP) is 4.08. The van der Waals surface area contributed by atoms with Crippen molar-refractivity contribution in [3.05, 3.63) is 29.3 Å². The van der Waals surface area contributed by atoms with Crippen molar-refractivity contribution in [2.45, 2.75) is 51.2 Å². The number of hydrogen-bond donors (Lipinski definition) is 1. The van der Waals surface area contributed by atoms with Gasteiger partial charge in [0.25, 0.3) is 0 Å². The first-order valence-corrected chi connectivity index (χ1v) is 9.15. The highest BCUT2D eigenvalue weighted by molar-refractivity contribution is 6.33. The molecule has 0 aliphatic carbocycles. The van der Waals surface area contributed by atoms with Gasteiger partial charge in [0.15, 0.2) is 0 Å². The highest BCUT2D eigenvalue weighted by Gasteiger charge is 2.51. The molecule has 1 aliphatic heterocycles. The molecule has 1 heterocycles. The van der Waals surface area contributed by atoms with Gasteiger partial charge in [0.05, 0.1) is 17.8 Å². The number of methoxy groups -OCH3 is 1. The normalized spacial score (nSPS) is 20.0. The number of anilines is 1. The number of amides is 1. The summed E-state index contributed by atoms with van der Waals surface area (Å²) >= 11 is 6.16. The first-order chi connectivity index (χ1) is 12.2. The second kappa shape index (κ2) is 8.16. The average Bonchev–Trinajstić information content (AvgIpc) is 2.99. The SMILES string of the molecule is COC(=O)C1(CCNc2ccccc2Cl)CCCN1C(=O)OC(C)(C)C. The van der Waals surface area contributed by atoms with E-state index in [0.717, 1.165) is 12.1 Å². The van der Waals surface area contributed by atoms with E-state index in [-0.39, 0.29) is 0 Å². The first kappa shape index (κ1) is 20.4. The topological polar surface area (TPSA) is 67.9 Å². The van der Waals surface area contributed by atoms with Crippen LogP contribution in [0.1, 0.15) is 40.0 Å². The van der Waals surface area contributed by atoms with Crippen LogP contribution in [0.5, 0.6) is 0 Å². The molecule has 0 bridgehead atoms. The minimum atomic E-state index is -1.02. The van der Waals surface area contributed by atoms with E-state index in [1.165, 1.54) is 12.0 Å². The number of nitrogens with zero attached hydrogens (tertiary/aromatic N) is 1. The molecule has 1 N–H and O–H groups in total. The fraction of sp³-hybridized carbons (Fsp3) is 0.579. The van der Waals surface area contributed by atoms with Crippen LogP contribution < -0.4 is 5.32 Å². The third kappa shape index (κ3) is 4.61. The molecule has 2 rings (SSSR count). The standard InChI is InChI=1S/C19H27ClN2O4/c1-18(2,3)26-17(24)22-13-7-10-19(22,16(23)25-4)11-12-21-15-9-6-5-8-14(15)20/h5-6,8-9,21H,7,10-13H2,1-4H3. The molecule has 1 saturated heterocycles. The van der Waals surface area contributed by atoms with E-state index in [4.69, 9.17) is 21.1 Å². The number of carbonyl (C=O) groups excluding carboxylic acids is 2. The Hall–Kier alpha value is -1.95. The Bertz CT molecular complexity index is 659. The highest BCUT2D eigenvalue weighted by Crippen LogP contribution is 2.35. The van der Waals surface area contributed by atoms with Crippen LogP contribution in [0.25, 0.3) is 0 Å². The third-order valence-electron chi connectivity index (χ3n) is 4.40. The van der Waals surface area contributed by atoms with Gasteiger partial charge in [-0.15, -0.1) is 0 Å². The van der Waals surface area contributed by atoms with Crippen LogP contribution in [0.2, 0.25) is 5.02 Å². The van der Waals surface area contributed by atoms with E-state index in [2.05, 4.69) is 5.32 Å². The van der Waals surface area contributed by atoms with Crippen molar-refractivity contribution < 1.29 is 19.1 Å². The maximum absolute atomic E-state index is 12.6. The molecule has 0 spiro atoms. The van der Waals surface area contributed by atoms with Crippen molar-refractivity contribution in [3.8, 4) is 0 Å². The number of nitrogens with one attached hydrogen (secondary N) is 1. The van der Waals surface area contributed by atoms with Crippen LogP contribution in [0.15, 0.2) is 24.3 Å². The lowest BCUT2D eigenvalue weighted by atomic mass is 9.92. The van der Waals surface area contributed by atoms with Crippen molar-refractivity contribution in [1.29, 1.82) is 0 Å². The predicted molar refractivity (Wildman–Crippen MR) is 101 cm³/mol. The Morgan fingerprint density at radius 2 is 2.00 bits per heavy atom. The quantitative estimate of drug-likeness (QED) is 0.777. The van der Waals surface area contributed by atoms with Crippen LogP contribution in [-0.2, 0) is 14.3 Å². The van der Waals surface area contributed by atoms with Crippen molar-refractivity contribution in [2.24, 2.45) is 0 Å². The van der Waals surface area contributed by atoms with Gasteiger partial charge in [-0.2, -0.15) is 0 Å². The zero-order chi connectivity index (χ0) is 19.4. The van der Waals surface area contributed by atoms with E-state index in [1.807, 2.05) is 18.2 Å². The Balaban J connectivity index is 2.15. The molecule has 1 aromatic carbocycles. The fourth-order valence-electron chi connectivity index (χ4n) is 3.23. The number of halogens is 1. The summed E-state index contributed by atoms with van der Waals surface area (Å²) in [6.07, 6.45) is 1.19. The summed E-state index contributed by atoms with van der Waals surface area (Å²) in [4.78, 5) is 26.8. The number of para-hydroxylation sites is 1. The van der Waals surface area contributed by atoms with Gasteiger partial charge in [-0.3, -0.25) is 4.90 Å². The fourth-order valence-corrected chi connectivity index (χ4v) is 3.44. The lowest BCUT2D eigenvalue weighted by molar-refractivity contribution is -0.153. The molecular formula is C19H27ClN2O4. The number of carbonyl (C=O) groups is 2. The Labute approximate surface area is 159 Å². The van der Waals surface area contributed by atoms with E-state index in [1.54, 1.807) is 26.8 Å². The summed E-state index contributed by atoms with van der Waals surface area (Å²) in [6.45, 7) is 6.35. The molecule has 1 fully saturated rings. The summed E-state index contributed by atoms with van der Waals surface area (Å²) < 4.78 is 10.5. The molecule has 1 unspecified atom stereocenters. The lowest BCUT2D eigenvalue weighted by Crippen LogP contribution is -2.55. The molecule has 0 saturated carbocycles. The van der Waals surface area contributed by atoms with E-state index < -0.39 is 23.2 Å². The second-order valence-corrected chi connectivity index (χ2v) is 7.82. The average molecular weight is 383 g/mol. The summed E-state index contributed by atoms with van der Waals surface area (Å²) in [7, 11) is 1.34. The lowest BCUT2D eigenvalue weighted by Gasteiger charge is -2.37. The van der Waals surface area contributed by atoms with Crippen LogP contribution in [0.4, 0.5) is 10.5 Å². The Kier molecular flexibility index (Phi) is 6.39. The van der Waals surface area contributed by atoms with Crippen LogP contribution in [0, 0.1) is 0 Å². The second-order valence-electron chi connectivity index (χ2n) is 7.42. The summed E-state index contributed by atoms with van der Waals surface area (Å²) in [5.41, 5.74) is -0.862. The maximum atomic E-state index is 12.6. The van der Waals surface area contributed by atoms with E-state index in [9.17, 15) is 9.59 Å². The molecule has 144 valence electrons. The molecule has 6 nitrogen and oxygen atoms in total. The number of likely N-dealkylation sites (tertiary alicyclic amines) is 1. The largest absolute Gasteiger partial charge is 0.467 e. The molecule has 1 aliphatic rings. The van der Waals surface area contributed by atoms with Crippen LogP contribution in [-0.4, -0.2) is 48.3 Å². The Morgan fingerprint density at radius 3 is 2.62 bits per heavy atom. The van der Waals surface area contributed by atoms with E-state index in [0.29, 0.717) is 31.0 Å². The number of rotatable bonds is 5. The number of ether oxygens (including phenoxy) is 2. The van der Waals surface area contributed by atoms with Crippen molar-refractivity contribution in [1.82, 2.24) is 4.90 Å². The van der Waals surface area contributed by atoms with Crippen molar-refractivity contribution >= 4 is 29.4 Å². The van der Waals surface area contributed by atoms with Crippen molar-refractivity contribution in [2.75, 3.05) is 25.5 Å². The Morgan fingerprint density at radius 1 is 1.31 bits per heavy atom. The van der Waals surface area contributed by atoms with Gasteiger partial charge in [0.2, 0.25) is 0 Å². The summed E-state index contributed by atoms with van der Waals surface area (Å²) in [5, 5.41) is 3.84. The van der Waals surface area contributed by atoms with E-state index >= 15 is 0 Å². The van der Waals surface area contributed by atoms with Gasteiger partial charge in [0.1, 0.15) is 11.1 Å². The zero-order valence-corrected chi connectivity index (χ0v) is 16.6. The highest BCUT2D eigenvalue weighted by atomic mass is 35.5. The van der Waals surface area contributed by atoms with Gasteiger partial charge in [0, 0.05) is 13.1 Å². The van der Waals surface area contributed by atoms with Gasteiger partial charge in [-0.25, -0.2) is 9.59 Å². The number of benzene rings is 1. The molecule has 1 aromatic rings. The maximum Gasteiger partial charge on any atom is 0.411 e.